The van der Waals surface area contributed by atoms with Crippen molar-refractivity contribution in [1.29, 1.82) is 15.8 Å². The fraction of sp³-hybridized carbons (Fsp3) is 0.0526. The summed E-state index contributed by atoms with van der Waals surface area (Å²) in [5.74, 6) is -0.244. The predicted molar refractivity (Wildman–Crippen MR) is 92.4 cm³/mol. The van der Waals surface area contributed by atoms with Crippen molar-refractivity contribution >= 4 is 23.1 Å². The fourth-order valence-electron chi connectivity index (χ4n) is 2.21. The number of hydrogen-bond acceptors (Lipinski definition) is 4. The molecule has 0 radical (unpaired) electrons. The van der Waals surface area contributed by atoms with Gasteiger partial charge in [-0.1, -0.05) is 11.6 Å². The molecule has 120 valence electrons. The average molecular weight is 348 g/mol. The Kier molecular flexibility index (Phi) is 5.54. The van der Waals surface area contributed by atoms with Gasteiger partial charge in [0.15, 0.2) is 29.3 Å². The molecule has 6 heteroatoms. The number of halogens is 1. The predicted octanol–water partition coefficient (Wildman–Crippen LogP) is 3.69. The molecule has 0 saturated heterocycles. The summed E-state index contributed by atoms with van der Waals surface area (Å²) >= 11 is 5.87. The lowest BCUT2D eigenvalue weighted by atomic mass is 10.0. The van der Waals surface area contributed by atoms with E-state index in [4.69, 9.17) is 22.1 Å². The van der Waals surface area contributed by atoms with Gasteiger partial charge < -0.3 is 5.11 Å². The maximum atomic E-state index is 10.8. The Bertz CT molecular complexity index is 983. The lowest BCUT2D eigenvalue weighted by molar-refractivity contribution is -0.579. The Balaban J connectivity index is 2.87. The molecule has 0 bridgehead atoms. The molecular weight excluding hydrogens is 336 g/mol. The first-order valence-electron chi connectivity index (χ1n) is 7.14. The number of rotatable bonds is 3. The number of benzene rings is 1. The SMILES string of the molecule is Cc1ccc[n+](C(C(C#N)=C(C#N)C#N)=C(O)c2ccc(Cl)cc2)c1. The Morgan fingerprint density at radius 2 is 1.68 bits per heavy atom. The highest BCUT2D eigenvalue weighted by atomic mass is 35.5. The molecule has 1 heterocycles. The maximum absolute atomic E-state index is 10.8. The van der Waals surface area contributed by atoms with E-state index in [9.17, 15) is 10.4 Å². The molecule has 0 fully saturated rings. The minimum absolute atomic E-state index is 0.0478. The van der Waals surface area contributed by atoms with Gasteiger partial charge in [-0.3, -0.25) is 0 Å². The number of nitrogens with zero attached hydrogens (tertiary/aromatic N) is 4. The van der Waals surface area contributed by atoms with E-state index in [1.54, 1.807) is 54.9 Å². The van der Waals surface area contributed by atoms with Gasteiger partial charge in [0.2, 0.25) is 0 Å². The zero-order valence-electron chi connectivity index (χ0n) is 13.2. The zero-order chi connectivity index (χ0) is 18.4. The zero-order valence-corrected chi connectivity index (χ0v) is 14.0. The van der Waals surface area contributed by atoms with Crippen LogP contribution in [0.3, 0.4) is 0 Å². The first-order chi connectivity index (χ1) is 12.0. The van der Waals surface area contributed by atoms with Gasteiger partial charge in [-0.25, -0.2) is 0 Å². The first-order valence-corrected chi connectivity index (χ1v) is 7.52. The molecule has 0 aliphatic rings. The van der Waals surface area contributed by atoms with E-state index >= 15 is 0 Å². The standard InChI is InChI=1S/C19H11ClN4O/c1-13-3-2-8-24(12-13)18(17(11-23)15(9-21)10-22)19(25)14-4-6-16(20)7-5-14/h2-8,12H,1H3/p+1. The molecule has 2 rings (SSSR count). The second kappa shape index (κ2) is 7.79. The van der Waals surface area contributed by atoms with Crippen LogP contribution in [0.1, 0.15) is 11.1 Å². The summed E-state index contributed by atoms with van der Waals surface area (Å²) in [5.41, 5.74) is 0.722. The van der Waals surface area contributed by atoms with Crippen LogP contribution in [0.2, 0.25) is 5.02 Å². The minimum Gasteiger partial charge on any atom is -0.502 e. The summed E-state index contributed by atoms with van der Waals surface area (Å²) in [4.78, 5) is 0. The normalized spacial score (nSPS) is 10.7. The molecule has 0 aliphatic carbocycles. The van der Waals surface area contributed by atoms with Gasteiger partial charge in [0.25, 0.3) is 5.70 Å². The molecule has 5 nitrogen and oxygen atoms in total. The van der Waals surface area contributed by atoms with Crippen molar-refractivity contribution in [2.45, 2.75) is 6.92 Å². The van der Waals surface area contributed by atoms with Crippen LogP contribution in [0.15, 0.2) is 59.9 Å². The number of nitriles is 3. The largest absolute Gasteiger partial charge is 0.502 e. The molecule has 1 aromatic carbocycles. The second-order valence-electron chi connectivity index (χ2n) is 5.08. The van der Waals surface area contributed by atoms with E-state index in [0.29, 0.717) is 10.6 Å². The number of allylic oxidation sites excluding steroid dienone is 3. The number of hydrogen-bond donors (Lipinski definition) is 1. The lowest BCUT2D eigenvalue weighted by Gasteiger charge is -2.06. The monoisotopic (exact) mass is 347 g/mol. The molecule has 0 spiro atoms. The molecule has 2 aromatic rings. The molecule has 0 unspecified atom stereocenters. The Hall–Kier alpha value is -3.59. The smallest absolute Gasteiger partial charge is 0.273 e. The number of aliphatic hydroxyl groups excluding tert-OH is 1. The third kappa shape index (κ3) is 3.85. The lowest BCUT2D eigenvalue weighted by Crippen LogP contribution is -2.34. The van der Waals surface area contributed by atoms with Crippen molar-refractivity contribution in [2.24, 2.45) is 0 Å². The molecule has 0 saturated carbocycles. The first kappa shape index (κ1) is 17.8. The third-order valence-corrected chi connectivity index (χ3v) is 3.62. The Labute approximate surface area is 150 Å². The van der Waals surface area contributed by atoms with Crippen LogP contribution in [0.25, 0.3) is 11.5 Å². The van der Waals surface area contributed by atoms with Crippen LogP contribution in [0.5, 0.6) is 0 Å². The Morgan fingerprint density at radius 1 is 1.04 bits per heavy atom. The summed E-state index contributed by atoms with van der Waals surface area (Å²) in [6.07, 6.45) is 3.31. The van der Waals surface area contributed by atoms with Gasteiger partial charge in [0, 0.05) is 22.2 Å². The van der Waals surface area contributed by atoms with E-state index in [0.717, 1.165) is 5.56 Å². The molecule has 0 aliphatic heterocycles. The molecule has 0 atom stereocenters. The van der Waals surface area contributed by atoms with Gasteiger partial charge in [-0.15, -0.1) is 0 Å². The number of pyridine rings is 1. The van der Waals surface area contributed by atoms with E-state index in [2.05, 4.69) is 0 Å². The average Bonchev–Trinajstić information content (AvgIpc) is 2.62. The Morgan fingerprint density at radius 3 is 2.20 bits per heavy atom. The summed E-state index contributed by atoms with van der Waals surface area (Å²) in [5, 5.41) is 39.1. The van der Waals surface area contributed by atoms with Crippen LogP contribution in [0.4, 0.5) is 0 Å². The fourth-order valence-corrected chi connectivity index (χ4v) is 2.34. The summed E-state index contributed by atoms with van der Waals surface area (Å²) in [6.45, 7) is 1.85. The highest BCUT2D eigenvalue weighted by Crippen LogP contribution is 2.25. The summed E-state index contributed by atoms with van der Waals surface area (Å²) in [6, 6.07) is 15.2. The van der Waals surface area contributed by atoms with Crippen molar-refractivity contribution in [2.75, 3.05) is 0 Å². The van der Waals surface area contributed by atoms with Crippen molar-refractivity contribution in [3.8, 4) is 18.2 Å². The van der Waals surface area contributed by atoms with Gasteiger partial charge in [-0.2, -0.15) is 20.4 Å². The highest BCUT2D eigenvalue weighted by molar-refractivity contribution is 6.30. The number of aryl methyl sites for hydroxylation is 1. The van der Waals surface area contributed by atoms with Crippen LogP contribution < -0.4 is 4.57 Å². The molecular formula is C19H12ClN4O+. The minimum atomic E-state index is -0.382. The second-order valence-corrected chi connectivity index (χ2v) is 5.51. The topological polar surface area (TPSA) is 95.5 Å². The maximum Gasteiger partial charge on any atom is 0.273 e. The van der Waals surface area contributed by atoms with E-state index in [1.807, 2.05) is 19.1 Å². The van der Waals surface area contributed by atoms with Gasteiger partial charge in [0.05, 0.1) is 0 Å². The van der Waals surface area contributed by atoms with Crippen LogP contribution in [-0.4, -0.2) is 5.11 Å². The molecule has 25 heavy (non-hydrogen) atoms. The van der Waals surface area contributed by atoms with Crippen molar-refractivity contribution < 1.29 is 9.67 Å². The summed E-state index contributed by atoms with van der Waals surface area (Å²) < 4.78 is 1.51. The highest BCUT2D eigenvalue weighted by Gasteiger charge is 2.27. The quantitative estimate of drug-likeness (QED) is 0.396. The third-order valence-electron chi connectivity index (χ3n) is 3.37. The van der Waals surface area contributed by atoms with Gasteiger partial charge in [-0.05, 0) is 37.3 Å². The molecule has 1 N–H and O–H groups in total. The van der Waals surface area contributed by atoms with Crippen molar-refractivity contribution in [3.63, 3.8) is 0 Å². The van der Waals surface area contributed by atoms with E-state index < -0.39 is 0 Å². The van der Waals surface area contributed by atoms with Crippen molar-refractivity contribution in [3.05, 3.63) is 76.1 Å². The van der Waals surface area contributed by atoms with E-state index in [-0.39, 0.29) is 22.6 Å². The molecule has 0 amide bonds. The van der Waals surface area contributed by atoms with Crippen LogP contribution >= 0.6 is 11.6 Å². The number of aromatic nitrogens is 1. The molecule has 1 aromatic heterocycles. The van der Waals surface area contributed by atoms with E-state index in [1.165, 1.54) is 4.57 Å². The van der Waals surface area contributed by atoms with Crippen molar-refractivity contribution in [1.82, 2.24) is 0 Å². The van der Waals surface area contributed by atoms with Crippen LogP contribution in [0, 0.1) is 40.9 Å². The van der Waals surface area contributed by atoms with Crippen LogP contribution in [-0.2, 0) is 0 Å². The van der Waals surface area contributed by atoms with Gasteiger partial charge >= 0.3 is 0 Å². The van der Waals surface area contributed by atoms with Gasteiger partial charge in [0.1, 0.15) is 18.2 Å². The number of aliphatic hydroxyl groups is 1. The summed E-state index contributed by atoms with van der Waals surface area (Å²) in [7, 11) is 0.